The van der Waals surface area contributed by atoms with Crippen molar-refractivity contribution in [3.05, 3.63) is 12.2 Å². The molecule has 1 amide bonds. The topological polar surface area (TPSA) is 49.3 Å². The quantitative estimate of drug-likeness (QED) is 0.592. The highest BCUT2D eigenvalue weighted by Gasteiger charge is 2.47. The third kappa shape index (κ3) is 3.81. The molecular formula is C13H17F2NO2. The smallest absolute Gasteiger partial charge is 0.326 e. The number of halogens is 2. The molecule has 1 aliphatic heterocycles. The monoisotopic (exact) mass is 257 g/mol. The van der Waals surface area contributed by atoms with Gasteiger partial charge in [0.15, 0.2) is 0 Å². The van der Waals surface area contributed by atoms with Gasteiger partial charge in [0, 0.05) is 12.8 Å². The minimum Gasteiger partial charge on any atom is -0.389 e. The summed E-state index contributed by atoms with van der Waals surface area (Å²) in [5.41, 5.74) is 0. The first-order valence-electron chi connectivity index (χ1n) is 5.81. The molecule has 0 aliphatic carbocycles. The molecule has 18 heavy (non-hydrogen) atoms. The summed E-state index contributed by atoms with van der Waals surface area (Å²) in [6.07, 6.45) is 2.08. The van der Waals surface area contributed by atoms with E-state index in [1.807, 2.05) is 6.92 Å². The van der Waals surface area contributed by atoms with E-state index in [1.165, 1.54) is 12.2 Å². The van der Waals surface area contributed by atoms with Crippen LogP contribution in [0.1, 0.15) is 26.7 Å². The van der Waals surface area contributed by atoms with Crippen molar-refractivity contribution in [2.75, 3.05) is 0 Å². The van der Waals surface area contributed by atoms with E-state index in [1.54, 1.807) is 6.92 Å². The van der Waals surface area contributed by atoms with Gasteiger partial charge in [-0.3, -0.25) is 4.79 Å². The fourth-order valence-electron chi connectivity index (χ4n) is 1.63. The predicted molar refractivity (Wildman–Crippen MR) is 63.9 cm³/mol. The van der Waals surface area contributed by atoms with E-state index in [9.17, 15) is 18.7 Å². The number of hydrogen-bond acceptors (Lipinski definition) is 2. The zero-order valence-electron chi connectivity index (χ0n) is 10.4. The summed E-state index contributed by atoms with van der Waals surface area (Å²) < 4.78 is 25.8. The van der Waals surface area contributed by atoms with Crippen LogP contribution in [0.4, 0.5) is 8.78 Å². The second-order valence-corrected chi connectivity index (χ2v) is 4.47. The Morgan fingerprint density at radius 1 is 1.67 bits per heavy atom. The second kappa shape index (κ2) is 5.96. The summed E-state index contributed by atoms with van der Waals surface area (Å²) >= 11 is 0. The van der Waals surface area contributed by atoms with Gasteiger partial charge in [-0.05, 0) is 12.8 Å². The number of aliphatic hydroxyl groups is 1. The molecule has 1 heterocycles. The van der Waals surface area contributed by atoms with Crippen LogP contribution in [0.3, 0.4) is 0 Å². The lowest BCUT2D eigenvalue weighted by Gasteiger charge is -2.13. The number of hydrogen-bond donors (Lipinski definition) is 2. The van der Waals surface area contributed by atoms with Crippen LogP contribution in [0.25, 0.3) is 0 Å². The number of carbonyl (C=O) groups excluding carboxylic acids is 1. The summed E-state index contributed by atoms with van der Waals surface area (Å²) in [4.78, 5) is 10.9. The summed E-state index contributed by atoms with van der Waals surface area (Å²) in [6.45, 7) is 3.53. The van der Waals surface area contributed by atoms with Crippen molar-refractivity contribution in [2.24, 2.45) is 5.92 Å². The second-order valence-electron chi connectivity index (χ2n) is 4.47. The van der Waals surface area contributed by atoms with E-state index in [0.29, 0.717) is 6.42 Å². The van der Waals surface area contributed by atoms with Gasteiger partial charge in [0.25, 0.3) is 5.91 Å². The summed E-state index contributed by atoms with van der Waals surface area (Å²) in [7, 11) is 0. The number of aliphatic hydroxyl groups excluding tert-OH is 1. The molecule has 5 heteroatoms. The van der Waals surface area contributed by atoms with Crippen molar-refractivity contribution >= 4 is 5.91 Å². The highest BCUT2D eigenvalue weighted by atomic mass is 19.3. The zero-order valence-corrected chi connectivity index (χ0v) is 10.4. The average Bonchev–Trinajstić information content (AvgIpc) is 2.57. The van der Waals surface area contributed by atoms with Crippen LogP contribution in [-0.2, 0) is 4.79 Å². The van der Waals surface area contributed by atoms with Crippen molar-refractivity contribution in [3.8, 4) is 11.8 Å². The molecule has 2 N–H and O–H groups in total. The number of amides is 1. The van der Waals surface area contributed by atoms with Crippen LogP contribution in [0.15, 0.2) is 12.2 Å². The Morgan fingerprint density at radius 3 is 2.83 bits per heavy atom. The molecule has 1 saturated heterocycles. The van der Waals surface area contributed by atoms with Crippen molar-refractivity contribution in [1.82, 2.24) is 5.32 Å². The lowest BCUT2D eigenvalue weighted by molar-refractivity contribution is -0.139. The normalized spacial score (nSPS) is 25.4. The van der Waals surface area contributed by atoms with Crippen LogP contribution in [0.2, 0.25) is 0 Å². The summed E-state index contributed by atoms with van der Waals surface area (Å²) in [6, 6.07) is -0.716. The Balaban J connectivity index is 2.49. The van der Waals surface area contributed by atoms with E-state index in [2.05, 4.69) is 17.2 Å². The fourth-order valence-corrected chi connectivity index (χ4v) is 1.63. The summed E-state index contributed by atoms with van der Waals surface area (Å²) in [5.74, 6) is 0.932. The molecule has 1 rings (SSSR count). The molecule has 0 bridgehead atoms. The third-order valence-corrected chi connectivity index (χ3v) is 2.85. The number of rotatable bonds is 4. The first kappa shape index (κ1) is 14.7. The van der Waals surface area contributed by atoms with Gasteiger partial charge in [-0.25, -0.2) is 0 Å². The maximum absolute atomic E-state index is 12.9. The highest BCUT2D eigenvalue weighted by Crippen LogP contribution is 2.27. The van der Waals surface area contributed by atoms with Gasteiger partial charge in [0.05, 0.1) is 12.1 Å². The molecular weight excluding hydrogens is 240 g/mol. The molecule has 3 nitrogen and oxygen atoms in total. The minimum atomic E-state index is -3.31. The Kier molecular flexibility index (Phi) is 4.85. The molecule has 100 valence electrons. The molecule has 1 aliphatic rings. The first-order valence-corrected chi connectivity index (χ1v) is 5.81. The molecule has 0 spiro atoms. The fraction of sp³-hybridized carbons (Fsp3) is 0.615. The van der Waals surface area contributed by atoms with E-state index >= 15 is 0 Å². The molecule has 1 fully saturated rings. The Morgan fingerprint density at radius 2 is 2.33 bits per heavy atom. The molecule has 0 radical (unpaired) electrons. The van der Waals surface area contributed by atoms with Crippen LogP contribution < -0.4 is 5.32 Å². The van der Waals surface area contributed by atoms with Crippen molar-refractivity contribution in [1.29, 1.82) is 0 Å². The maximum atomic E-state index is 12.9. The van der Waals surface area contributed by atoms with Gasteiger partial charge in [-0.15, -0.1) is 11.8 Å². The molecule has 0 aromatic carbocycles. The van der Waals surface area contributed by atoms with Gasteiger partial charge < -0.3 is 10.4 Å². The van der Waals surface area contributed by atoms with Crippen molar-refractivity contribution in [2.45, 2.75) is 44.8 Å². The van der Waals surface area contributed by atoms with E-state index in [-0.39, 0.29) is 5.92 Å². The largest absolute Gasteiger partial charge is 0.389 e. The Bertz CT molecular complexity index is 396. The standard InChI is InChI=1S/C13H17F2NO2/c1-3-4-5-9(2)11(17)7-6-10-8-13(14,15)12(18)16-10/h6-7,9-11,17H,5,8H2,1-2H3,(H,16,18)/b7-6+/t9-,10+,11-/m1/s1. The Hall–Kier alpha value is -1.41. The number of carbonyl (C=O) groups is 1. The van der Waals surface area contributed by atoms with Gasteiger partial charge >= 0.3 is 5.92 Å². The zero-order chi connectivity index (χ0) is 13.8. The van der Waals surface area contributed by atoms with Crippen LogP contribution in [0, 0.1) is 17.8 Å². The van der Waals surface area contributed by atoms with Crippen LogP contribution in [0.5, 0.6) is 0 Å². The third-order valence-electron chi connectivity index (χ3n) is 2.85. The number of alkyl halides is 2. The Labute approximate surface area is 105 Å². The molecule has 0 unspecified atom stereocenters. The molecule has 0 aromatic rings. The van der Waals surface area contributed by atoms with Gasteiger partial charge in [-0.2, -0.15) is 8.78 Å². The van der Waals surface area contributed by atoms with Crippen LogP contribution >= 0.6 is 0 Å². The van der Waals surface area contributed by atoms with Crippen LogP contribution in [-0.4, -0.2) is 29.1 Å². The predicted octanol–water partition coefficient (Wildman–Crippen LogP) is 1.48. The van der Waals surface area contributed by atoms with Crippen molar-refractivity contribution in [3.63, 3.8) is 0 Å². The lowest BCUT2D eigenvalue weighted by Crippen LogP contribution is -2.30. The average molecular weight is 257 g/mol. The van der Waals surface area contributed by atoms with E-state index < -0.39 is 30.4 Å². The van der Waals surface area contributed by atoms with Gasteiger partial charge in [0.1, 0.15) is 0 Å². The SMILES string of the molecule is CC#CC[C@@H](C)[C@H](O)/C=C/[C@H]1CC(F)(F)C(=O)N1. The minimum absolute atomic E-state index is 0.0775. The molecule has 3 atom stereocenters. The van der Waals surface area contributed by atoms with Gasteiger partial charge in [-0.1, -0.05) is 19.1 Å². The number of nitrogens with one attached hydrogen (secondary N) is 1. The molecule has 0 aromatic heterocycles. The first-order chi connectivity index (χ1) is 8.36. The van der Waals surface area contributed by atoms with Crippen molar-refractivity contribution < 1.29 is 18.7 Å². The molecule has 0 saturated carbocycles. The van der Waals surface area contributed by atoms with E-state index in [0.717, 1.165) is 0 Å². The summed E-state index contributed by atoms with van der Waals surface area (Å²) in [5, 5.41) is 11.9. The lowest BCUT2D eigenvalue weighted by atomic mass is 10.00. The highest BCUT2D eigenvalue weighted by molar-refractivity contribution is 5.86. The maximum Gasteiger partial charge on any atom is 0.326 e. The van der Waals surface area contributed by atoms with Gasteiger partial charge in [0.2, 0.25) is 0 Å². The van der Waals surface area contributed by atoms with E-state index in [4.69, 9.17) is 0 Å².